The number of hydrogen-bond acceptors (Lipinski definition) is 4. The lowest BCUT2D eigenvalue weighted by atomic mass is 10.1. The minimum Gasteiger partial charge on any atom is -0.459 e. The average Bonchev–Trinajstić information content (AvgIpc) is 3.11. The van der Waals surface area contributed by atoms with E-state index in [1.165, 1.54) is 10.4 Å². The molecule has 0 radical (unpaired) electrons. The Morgan fingerprint density at radius 2 is 2.38 bits per heavy atom. The van der Waals surface area contributed by atoms with Gasteiger partial charge in [-0.3, -0.25) is 9.69 Å². The lowest BCUT2D eigenvalue weighted by Crippen LogP contribution is -2.44. The van der Waals surface area contributed by atoms with Crippen molar-refractivity contribution in [3.63, 3.8) is 0 Å². The fourth-order valence-corrected chi connectivity index (χ4v) is 3.59. The van der Waals surface area contributed by atoms with Crippen LogP contribution in [0, 0.1) is 6.92 Å². The molecule has 0 spiro atoms. The van der Waals surface area contributed by atoms with E-state index in [1.54, 1.807) is 12.3 Å². The predicted molar refractivity (Wildman–Crippen MR) is 83.7 cm³/mol. The maximum absolute atomic E-state index is 12.0. The molecule has 1 amide bonds. The number of carbonyl (C=O) groups excluding carboxylic acids is 1. The molecule has 1 unspecified atom stereocenters. The third kappa shape index (κ3) is 3.04. The summed E-state index contributed by atoms with van der Waals surface area (Å²) >= 11 is 1.85. The summed E-state index contributed by atoms with van der Waals surface area (Å²) in [6.45, 7) is 6.72. The Hall–Kier alpha value is -1.59. The van der Waals surface area contributed by atoms with Crippen LogP contribution in [0.1, 0.15) is 33.5 Å². The Morgan fingerprint density at radius 1 is 1.52 bits per heavy atom. The molecule has 5 heteroatoms. The Bertz CT molecular complexity index is 632. The van der Waals surface area contributed by atoms with Crippen LogP contribution in [0.4, 0.5) is 0 Å². The van der Waals surface area contributed by atoms with Crippen LogP contribution in [0.3, 0.4) is 0 Å². The second-order valence-electron chi connectivity index (χ2n) is 5.58. The van der Waals surface area contributed by atoms with Gasteiger partial charge in [0.1, 0.15) is 0 Å². The van der Waals surface area contributed by atoms with Crippen molar-refractivity contribution >= 4 is 17.2 Å². The summed E-state index contributed by atoms with van der Waals surface area (Å²) in [7, 11) is 0. The first-order valence-electron chi connectivity index (χ1n) is 7.26. The van der Waals surface area contributed by atoms with Crippen LogP contribution >= 0.6 is 11.3 Å². The molecule has 0 saturated carbocycles. The molecule has 0 saturated heterocycles. The molecule has 3 heterocycles. The first kappa shape index (κ1) is 14.4. The predicted octanol–water partition coefficient (Wildman–Crippen LogP) is 2.83. The molecule has 1 atom stereocenters. The van der Waals surface area contributed by atoms with Crippen LogP contribution < -0.4 is 5.32 Å². The third-order valence-electron chi connectivity index (χ3n) is 4.09. The summed E-state index contributed by atoms with van der Waals surface area (Å²) in [5, 5.41) is 5.14. The van der Waals surface area contributed by atoms with Crippen LogP contribution in [0.15, 0.2) is 28.2 Å². The minimum absolute atomic E-state index is 0.127. The number of nitrogens with zero attached hydrogens (tertiary/aromatic N) is 1. The van der Waals surface area contributed by atoms with E-state index in [-0.39, 0.29) is 5.91 Å². The van der Waals surface area contributed by atoms with E-state index < -0.39 is 0 Å². The van der Waals surface area contributed by atoms with Gasteiger partial charge in [0.15, 0.2) is 5.76 Å². The molecule has 1 aliphatic heterocycles. The highest BCUT2D eigenvalue weighted by molar-refractivity contribution is 7.10. The zero-order chi connectivity index (χ0) is 14.8. The summed E-state index contributed by atoms with van der Waals surface area (Å²) in [4.78, 5) is 16.0. The number of thiophene rings is 1. The first-order chi connectivity index (χ1) is 10.1. The van der Waals surface area contributed by atoms with E-state index in [2.05, 4.69) is 28.6 Å². The second-order valence-corrected chi connectivity index (χ2v) is 6.58. The topological polar surface area (TPSA) is 45.5 Å². The molecular weight excluding hydrogens is 284 g/mol. The monoisotopic (exact) mass is 304 g/mol. The Balaban J connectivity index is 1.54. The molecule has 4 nitrogen and oxygen atoms in total. The van der Waals surface area contributed by atoms with Crippen LogP contribution in [0.2, 0.25) is 0 Å². The van der Waals surface area contributed by atoms with Gasteiger partial charge in [0.25, 0.3) is 5.91 Å². The quantitative estimate of drug-likeness (QED) is 0.945. The smallest absolute Gasteiger partial charge is 0.287 e. The van der Waals surface area contributed by atoms with E-state index in [0.29, 0.717) is 18.3 Å². The maximum atomic E-state index is 12.0. The minimum atomic E-state index is -0.127. The number of carbonyl (C=O) groups is 1. The standard InChI is InChI=1S/C16H20N2O2S/c1-11-4-7-20-15(11)16(19)17-9-12(2)18-6-3-14-13(10-18)5-8-21-14/h4-5,7-8,12H,3,6,9-10H2,1-2H3,(H,17,19). The number of amides is 1. The van der Waals surface area contributed by atoms with Crippen molar-refractivity contribution in [2.24, 2.45) is 0 Å². The summed E-state index contributed by atoms with van der Waals surface area (Å²) in [6.07, 6.45) is 2.67. The number of nitrogens with one attached hydrogen (secondary N) is 1. The molecule has 3 rings (SSSR count). The lowest BCUT2D eigenvalue weighted by Gasteiger charge is -2.32. The van der Waals surface area contributed by atoms with Gasteiger partial charge in [0.2, 0.25) is 0 Å². The highest BCUT2D eigenvalue weighted by Gasteiger charge is 2.22. The van der Waals surface area contributed by atoms with Crippen molar-refractivity contribution in [1.82, 2.24) is 10.2 Å². The fourth-order valence-electron chi connectivity index (χ4n) is 2.70. The summed E-state index contributed by atoms with van der Waals surface area (Å²) in [6, 6.07) is 4.34. The normalized spacial score (nSPS) is 16.5. The highest BCUT2D eigenvalue weighted by atomic mass is 32.1. The summed E-state index contributed by atoms with van der Waals surface area (Å²) < 4.78 is 5.22. The van der Waals surface area contributed by atoms with Gasteiger partial charge >= 0.3 is 0 Å². The summed E-state index contributed by atoms with van der Waals surface area (Å²) in [5.41, 5.74) is 2.31. The lowest BCUT2D eigenvalue weighted by molar-refractivity contribution is 0.0904. The molecule has 2 aromatic rings. The van der Waals surface area contributed by atoms with E-state index in [1.807, 2.05) is 18.3 Å². The maximum Gasteiger partial charge on any atom is 0.287 e. The SMILES string of the molecule is Cc1ccoc1C(=O)NCC(C)N1CCc2sccc2C1. The number of fused-ring (bicyclic) bond motifs is 1. The molecule has 0 aliphatic carbocycles. The van der Waals surface area contributed by atoms with Crippen molar-refractivity contribution in [3.8, 4) is 0 Å². The van der Waals surface area contributed by atoms with E-state index in [4.69, 9.17) is 4.42 Å². The molecule has 1 N–H and O–H groups in total. The largest absolute Gasteiger partial charge is 0.459 e. The molecule has 21 heavy (non-hydrogen) atoms. The number of hydrogen-bond donors (Lipinski definition) is 1. The van der Waals surface area contributed by atoms with E-state index >= 15 is 0 Å². The molecule has 2 aromatic heterocycles. The van der Waals surface area contributed by atoms with Crippen LogP contribution in [-0.4, -0.2) is 29.9 Å². The molecular formula is C16H20N2O2S. The van der Waals surface area contributed by atoms with Crippen molar-refractivity contribution in [2.45, 2.75) is 32.9 Å². The molecule has 0 fully saturated rings. The average molecular weight is 304 g/mol. The Kier molecular flexibility index (Phi) is 4.12. The van der Waals surface area contributed by atoms with Gasteiger partial charge in [-0.1, -0.05) is 0 Å². The summed E-state index contributed by atoms with van der Waals surface area (Å²) in [5.74, 6) is 0.290. The zero-order valence-electron chi connectivity index (χ0n) is 12.4. The van der Waals surface area contributed by atoms with Gasteiger partial charge in [-0.05, 0) is 43.3 Å². The number of aryl methyl sites for hydroxylation is 1. The van der Waals surface area contributed by atoms with Gasteiger partial charge in [-0.2, -0.15) is 0 Å². The van der Waals surface area contributed by atoms with Gasteiger partial charge in [0.05, 0.1) is 6.26 Å². The second kappa shape index (κ2) is 6.03. The molecule has 0 bridgehead atoms. The number of furan rings is 1. The van der Waals surface area contributed by atoms with Gasteiger partial charge in [0, 0.05) is 36.1 Å². The van der Waals surface area contributed by atoms with Crippen molar-refractivity contribution in [3.05, 3.63) is 45.5 Å². The Morgan fingerprint density at radius 3 is 3.14 bits per heavy atom. The molecule has 1 aliphatic rings. The van der Waals surface area contributed by atoms with Crippen LogP contribution in [0.5, 0.6) is 0 Å². The van der Waals surface area contributed by atoms with Crippen LogP contribution in [0.25, 0.3) is 0 Å². The Labute approximate surface area is 128 Å². The fraction of sp³-hybridized carbons (Fsp3) is 0.438. The van der Waals surface area contributed by atoms with Gasteiger partial charge in [-0.15, -0.1) is 11.3 Å². The van der Waals surface area contributed by atoms with Crippen molar-refractivity contribution in [1.29, 1.82) is 0 Å². The third-order valence-corrected chi connectivity index (χ3v) is 5.11. The van der Waals surface area contributed by atoms with E-state index in [0.717, 1.165) is 25.1 Å². The molecule has 0 aromatic carbocycles. The van der Waals surface area contributed by atoms with Crippen molar-refractivity contribution in [2.75, 3.05) is 13.1 Å². The molecule has 112 valence electrons. The van der Waals surface area contributed by atoms with Gasteiger partial charge in [-0.25, -0.2) is 0 Å². The first-order valence-corrected chi connectivity index (χ1v) is 8.14. The zero-order valence-corrected chi connectivity index (χ0v) is 13.2. The van der Waals surface area contributed by atoms with Crippen molar-refractivity contribution < 1.29 is 9.21 Å². The number of rotatable bonds is 4. The van der Waals surface area contributed by atoms with Crippen LogP contribution in [-0.2, 0) is 13.0 Å². The van der Waals surface area contributed by atoms with E-state index in [9.17, 15) is 4.79 Å². The highest BCUT2D eigenvalue weighted by Crippen LogP contribution is 2.25. The van der Waals surface area contributed by atoms with Gasteiger partial charge < -0.3 is 9.73 Å².